The molecule has 0 radical (unpaired) electrons. The average Bonchev–Trinajstić information content (AvgIpc) is 2.73. The molecule has 0 saturated carbocycles. The fourth-order valence-electron chi connectivity index (χ4n) is 4.10. The van der Waals surface area contributed by atoms with Gasteiger partial charge in [0.15, 0.2) is 0 Å². The molecule has 2 aromatic carbocycles. The molecule has 1 unspecified atom stereocenters. The topological polar surface area (TPSA) is 9.23 Å². The Morgan fingerprint density at radius 2 is 1.33 bits per heavy atom. The summed E-state index contributed by atoms with van der Waals surface area (Å²) in [5.41, 5.74) is 1.96. The van der Waals surface area contributed by atoms with Crippen molar-refractivity contribution in [2.45, 2.75) is 64.4 Å². The van der Waals surface area contributed by atoms with Crippen LogP contribution >= 0.6 is 0 Å². The van der Waals surface area contributed by atoms with Gasteiger partial charge in [-0.1, -0.05) is 112 Å². The van der Waals surface area contributed by atoms with Crippen molar-refractivity contribution in [3.05, 3.63) is 84.4 Å². The first-order valence-electron chi connectivity index (χ1n) is 10.7. The van der Waals surface area contributed by atoms with E-state index in [1.165, 1.54) is 49.7 Å². The van der Waals surface area contributed by atoms with Crippen LogP contribution in [-0.2, 0) is 10.3 Å². The third-order valence-electron chi connectivity index (χ3n) is 5.45. The maximum Gasteiger partial charge on any atom is 0.124 e. The third kappa shape index (κ3) is 5.56. The largest absolute Gasteiger partial charge is 0.365 e. The van der Waals surface area contributed by atoms with Gasteiger partial charge in [-0.15, -0.1) is 6.58 Å². The number of hydrogen-bond donors (Lipinski definition) is 0. The Balaban J connectivity index is 2.30. The molecule has 0 amide bonds. The lowest BCUT2D eigenvalue weighted by Crippen LogP contribution is -2.39. The molecule has 0 aliphatic rings. The summed E-state index contributed by atoms with van der Waals surface area (Å²) >= 11 is 0. The Hall–Kier alpha value is -1.86. The first kappa shape index (κ1) is 21.4. The van der Waals surface area contributed by atoms with E-state index in [1.54, 1.807) is 0 Å². The Morgan fingerprint density at radius 3 is 1.81 bits per heavy atom. The molecule has 2 aromatic rings. The van der Waals surface area contributed by atoms with Gasteiger partial charge in [0, 0.05) is 12.5 Å². The van der Waals surface area contributed by atoms with E-state index in [4.69, 9.17) is 4.74 Å². The number of benzene rings is 2. The van der Waals surface area contributed by atoms with Crippen molar-refractivity contribution < 1.29 is 4.74 Å². The molecule has 0 aromatic heterocycles. The fourth-order valence-corrected chi connectivity index (χ4v) is 4.10. The van der Waals surface area contributed by atoms with E-state index in [2.05, 4.69) is 87.2 Å². The van der Waals surface area contributed by atoms with Gasteiger partial charge in [-0.2, -0.15) is 0 Å². The molecular weight excluding hydrogens is 328 g/mol. The van der Waals surface area contributed by atoms with Gasteiger partial charge in [-0.25, -0.2) is 0 Å². The minimum Gasteiger partial charge on any atom is -0.365 e. The average molecular weight is 365 g/mol. The van der Waals surface area contributed by atoms with E-state index in [0.29, 0.717) is 6.61 Å². The van der Waals surface area contributed by atoms with Gasteiger partial charge in [0.1, 0.15) is 5.60 Å². The van der Waals surface area contributed by atoms with E-state index < -0.39 is 5.60 Å². The molecular formula is C26H36O. The Kier molecular flexibility index (Phi) is 9.35. The Labute approximate surface area is 166 Å². The van der Waals surface area contributed by atoms with Gasteiger partial charge < -0.3 is 4.74 Å². The van der Waals surface area contributed by atoms with E-state index in [1.807, 2.05) is 0 Å². The first-order valence-corrected chi connectivity index (χ1v) is 10.7. The van der Waals surface area contributed by atoms with Crippen molar-refractivity contribution in [2.75, 3.05) is 6.61 Å². The lowest BCUT2D eigenvalue weighted by molar-refractivity contribution is -0.0452. The number of unbranched alkanes of at least 4 members (excludes halogenated alkanes) is 5. The SMILES string of the molecule is C=CC(CCCCCCCC)C(OCC)(c1ccccc1)c1ccccc1. The van der Waals surface area contributed by atoms with Crippen LogP contribution in [0.5, 0.6) is 0 Å². The van der Waals surface area contributed by atoms with Gasteiger partial charge in [-0.3, -0.25) is 0 Å². The standard InChI is InChI=1S/C26H36O/c1-4-7-8-9-10-13-18-23(5-2)26(27-6-3,24-19-14-11-15-20-24)25-21-16-12-17-22-25/h5,11-12,14-17,19-23H,2,4,6-10,13,18H2,1,3H3. The fraction of sp³-hybridized carbons (Fsp3) is 0.462. The molecule has 0 spiro atoms. The molecule has 27 heavy (non-hydrogen) atoms. The lowest BCUT2D eigenvalue weighted by atomic mass is 9.73. The van der Waals surface area contributed by atoms with Crippen LogP contribution in [0, 0.1) is 5.92 Å². The third-order valence-corrected chi connectivity index (χ3v) is 5.45. The van der Waals surface area contributed by atoms with E-state index in [9.17, 15) is 0 Å². The van der Waals surface area contributed by atoms with Crippen LogP contribution in [-0.4, -0.2) is 6.61 Å². The van der Waals surface area contributed by atoms with Crippen LogP contribution in [0.15, 0.2) is 73.3 Å². The number of hydrogen-bond acceptors (Lipinski definition) is 1. The molecule has 0 aliphatic heterocycles. The minimum absolute atomic E-state index is 0.244. The van der Waals surface area contributed by atoms with Gasteiger partial charge >= 0.3 is 0 Å². The zero-order valence-corrected chi connectivity index (χ0v) is 17.2. The normalized spacial score (nSPS) is 12.7. The highest BCUT2D eigenvalue weighted by Crippen LogP contribution is 2.43. The summed E-state index contributed by atoms with van der Waals surface area (Å²) < 4.78 is 6.58. The van der Waals surface area contributed by atoms with Crippen LogP contribution in [0.4, 0.5) is 0 Å². The second kappa shape index (κ2) is 11.8. The van der Waals surface area contributed by atoms with E-state index >= 15 is 0 Å². The molecule has 1 nitrogen and oxygen atoms in total. The van der Waals surface area contributed by atoms with Crippen LogP contribution in [0.25, 0.3) is 0 Å². The second-order valence-corrected chi connectivity index (χ2v) is 7.30. The van der Waals surface area contributed by atoms with Gasteiger partial charge in [0.25, 0.3) is 0 Å². The summed E-state index contributed by atoms with van der Waals surface area (Å²) in [6.45, 7) is 9.24. The molecule has 0 fully saturated rings. The highest BCUT2D eigenvalue weighted by atomic mass is 16.5. The van der Waals surface area contributed by atoms with Gasteiger partial charge in [-0.05, 0) is 24.5 Å². The molecule has 0 saturated heterocycles. The quantitative estimate of drug-likeness (QED) is 0.264. The van der Waals surface area contributed by atoms with Crippen LogP contribution in [0.2, 0.25) is 0 Å². The summed E-state index contributed by atoms with van der Waals surface area (Å²) in [6, 6.07) is 21.4. The Bertz CT molecular complexity index is 592. The van der Waals surface area contributed by atoms with E-state index in [-0.39, 0.29) is 5.92 Å². The Morgan fingerprint density at radius 1 is 0.815 bits per heavy atom. The first-order chi connectivity index (χ1) is 13.3. The summed E-state index contributed by atoms with van der Waals surface area (Å²) in [4.78, 5) is 0. The molecule has 1 atom stereocenters. The minimum atomic E-state index is -0.470. The van der Waals surface area contributed by atoms with Crippen molar-refractivity contribution in [3.63, 3.8) is 0 Å². The predicted octanol–water partition coefficient (Wildman–Crippen LogP) is 7.52. The van der Waals surface area contributed by atoms with E-state index in [0.717, 1.165) is 6.42 Å². The molecule has 1 heteroatoms. The molecule has 0 aliphatic carbocycles. The monoisotopic (exact) mass is 364 g/mol. The van der Waals surface area contributed by atoms with Crippen LogP contribution in [0.1, 0.15) is 69.9 Å². The number of rotatable bonds is 13. The zero-order valence-electron chi connectivity index (χ0n) is 17.2. The molecule has 0 bridgehead atoms. The smallest absolute Gasteiger partial charge is 0.124 e. The summed E-state index contributed by atoms with van der Waals surface area (Å²) in [7, 11) is 0. The summed E-state index contributed by atoms with van der Waals surface area (Å²) in [6.07, 6.45) is 11.0. The van der Waals surface area contributed by atoms with Crippen molar-refractivity contribution in [1.82, 2.24) is 0 Å². The van der Waals surface area contributed by atoms with Crippen molar-refractivity contribution in [3.8, 4) is 0 Å². The molecule has 146 valence electrons. The summed E-state index contributed by atoms with van der Waals surface area (Å²) in [5.74, 6) is 0.244. The maximum absolute atomic E-state index is 6.58. The van der Waals surface area contributed by atoms with Crippen LogP contribution in [0.3, 0.4) is 0 Å². The highest BCUT2D eigenvalue weighted by Gasteiger charge is 2.41. The predicted molar refractivity (Wildman–Crippen MR) is 117 cm³/mol. The van der Waals surface area contributed by atoms with Gasteiger partial charge in [0.2, 0.25) is 0 Å². The van der Waals surface area contributed by atoms with Crippen molar-refractivity contribution in [2.24, 2.45) is 5.92 Å². The molecule has 0 N–H and O–H groups in total. The zero-order chi connectivity index (χ0) is 19.4. The summed E-state index contributed by atoms with van der Waals surface area (Å²) in [5, 5.41) is 0. The molecule has 0 heterocycles. The van der Waals surface area contributed by atoms with Gasteiger partial charge in [0.05, 0.1) is 0 Å². The van der Waals surface area contributed by atoms with Crippen LogP contribution < -0.4 is 0 Å². The lowest BCUT2D eigenvalue weighted by Gasteiger charge is -2.40. The molecule has 2 rings (SSSR count). The highest BCUT2D eigenvalue weighted by molar-refractivity contribution is 5.38. The maximum atomic E-state index is 6.58. The second-order valence-electron chi connectivity index (χ2n) is 7.30. The number of ether oxygens (including phenoxy) is 1. The van der Waals surface area contributed by atoms with Crippen molar-refractivity contribution in [1.29, 1.82) is 0 Å². The van der Waals surface area contributed by atoms with Crippen molar-refractivity contribution >= 4 is 0 Å².